The topological polar surface area (TPSA) is 71.2 Å². The largest absolute Gasteiger partial charge is 0.466 e. The highest BCUT2D eigenvalue weighted by molar-refractivity contribution is 7.17. The van der Waals surface area contributed by atoms with E-state index < -0.39 is 5.60 Å². The number of nitrogens with zero attached hydrogens (tertiary/aromatic N) is 2. The molecule has 0 amide bonds. The van der Waals surface area contributed by atoms with Crippen LogP contribution in [-0.4, -0.2) is 21.6 Å². The zero-order valence-corrected chi connectivity index (χ0v) is 14.5. The number of thiophene rings is 1. The first kappa shape index (κ1) is 15.8. The summed E-state index contributed by atoms with van der Waals surface area (Å²) in [6.45, 7) is 1.99. The molecule has 0 saturated heterocycles. The summed E-state index contributed by atoms with van der Waals surface area (Å²) in [6.07, 6.45) is 3.09. The van der Waals surface area contributed by atoms with Crippen molar-refractivity contribution in [3.05, 3.63) is 66.2 Å². The van der Waals surface area contributed by atoms with E-state index in [1.165, 1.54) is 6.33 Å². The van der Waals surface area contributed by atoms with Gasteiger partial charge in [0.2, 0.25) is 0 Å². The molecule has 3 aromatic heterocycles. The standard InChI is InChI=1S/C19H17N3O2S/c1-19(23,15-8-5-9-24-15)11-20-17-16-14(13-6-3-2-4-7-13)10-25-18(16)22-12-21-17/h2-10,12,23H,11H2,1H3,(H,20,21,22)/t19-/m0/s1. The van der Waals surface area contributed by atoms with Crippen LogP contribution in [0.3, 0.4) is 0 Å². The summed E-state index contributed by atoms with van der Waals surface area (Å²) in [6, 6.07) is 13.7. The van der Waals surface area contributed by atoms with Gasteiger partial charge in [0.25, 0.3) is 0 Å². The molecule has 6 heteroatoms. The van der Waals surface area contributed by atoms with E-state index in [-0.39, 0.29) is 6.54 Å². The first-order chi connectivity index (χ1) is 12.1. The Bertz CT molecular complexity index is 979. The quantitative estimate of drug-likeness (QED) is 0.562. The van der Waals surface area contributed by atoms with Crippen LogP contribution in [0.1, 0.15) is 12.7 Å². The number of rotatable bonds is 5. The second-order valence-electron chi connectivity index (χ2n) is 6.02. The normalized spacial score (nSPS) is 13.7. The van der Waals surface area contributed by atoms with Crippen molar-refractivity contribution < 1.29 is 9.52 Å². The van der Waals surface area contributed by atoms with Gasteiger partial charge in [0, 0.05) is 10.9 Å². The van der Waals surface area contributed by atoms with Crippen LogP contribution in [0.5, 0.6) is 0 Å². The fourth-order valence-electron chi connectivity index (χ4n) is 2.77. The lowest BCUT2D eigenvalue weighted by Gasteiger charge is -2.21. The Morgan fingerprint density at radius 1 is 1.16 bits per heavy atom. The van der Waals surface area contributed by atoms with Crippen LogP contribution >= 0.6 is 11.3 Å². The van der Waals surface area contributed by atoms with Gasteiger partial charge in [-0.25, -0.2) is 9.97 Å². The van der Waals surface area contributed by atoms with Gasteiger partial charge in [0.05, 0.1) is 18.2 Å². The number of hydrogen-bond acceptors (Lipinski definition) is 6. The summed E-state index contributed by atoms with van der Waals surface area (Å²) in [7, 11) is 0. The molecule has 0 aliphatic heterocycles. The number of anilines is 1. The molecule has 25 heavy (non-hydrogen) atoms. The number of furan rings is 1. The molecule has 2 N–H and O–H groups in total. The minimum absolute atomic E-state index is 0.275. The van der Waals surface area contributed by atoms with Crippen LogP contribution in [0, 0.1) is 0 Å². The molecule has 0 fully saturated rings. The van der Waals surface area contributed by atoms with Crippen LogP contribution in [-0.2, 0) is 5.60 Å². The zero-order valence-electron chi connectivity index (χ0n) is 13.6. The highest BCUT2D eigenvalue weighted by atomic mass is 32.1. The molecule has 0 spiro atoms. The van der Waals surface area contributed by atoms with Gasteiger partial charge < -0.3 is 14.8 Å². The Kier molecular flexibility index (Phi) is 3.99. The van der Waals surface area contributed by atoms with E-state index in [9.17, 15) is 5.11 Å². The Labute approximate surface area is 149 Å². The molecule has 5 nitrogen and oxygen atoms in total. The van der Waals surface area contributed by atoms with Gasteiger partial charge in [0.15, 0.2) is 0 Å². The molecule has 0 aliphatic carbocycles. The molecule has 0 bridgehead atoms. The van der Waals surface area contributed by atoms with E-state index in [1.54, 1.807) is 36.7 Å². The van der Waals surface area contributed by atoms with Crippen LogP contribution in [0.2, 0.25) is 0 Å². The number of fused-ring (bicyclic) bond motifs is 1. The van der Waals surface area contributed by atoms with Crippen molar-refractivity contribution in [2.75, 3.05) is 11.9 Å². The third-order valence-electron chi connectivity index (χ3n) is 4.11. The smallest absolute Gasteiger partial charge is 0.138 e. The highest BCUT2D eigenvalue weighted by Crippen LogP contribution is 2.36. The first-order valence-corrected chi connectivity index (χ1v) is 8.81. The molecule has 0 radical (unpaired) electrons. The zero-order chi connectivity index (χ0) is 17.3. The van der Waals surface area contributed by atoms with Crippen LogP contribution in [0.25, 0.3) is 21.3 Å². The van der Waals surface area contributed by atoms with Gasteiger partial charge in [-0.3, -0.25) is 0 Å². The molecule has 4 rings (SSSR count). The molecule has 0 unspecified atom stereocenters. The van der Waals surface area contributed by atoms with Crippen LogP contribution < -0.4 is 5.32 Å². The third kappa shape index (κ3) is 3.01. The lowest BCUT2D eigenvalue weighted by molar-refractivity contribution is 0.0476. The molecule has 1 atom stereocenters. The average molecular weight is 351 g/mol. The molecular formula is C19H17N3O2S. The van der Waals surface area contributed by atoms with Gasteiger partial charge in [-0.05, 0) is 24.6 Å². The van der Waals surface area contributed by atoms with Gasteiger partial charge in [0.1, 0.15) is 28.3 Å². The fourth-order valence-corrected chi connectivity index (χ4v) is 3.68. The third-order valence-corrected chi connectivity index (χ3v) is 4.99. The second-order valence-corrected chi connectivity index (χ2v) is 6.88. The van der Waals surface area contributed by atoms with E-state index in [4.69, 9.17) is 4.42 Å². The summed E-state index contributed by atoms with van der Waals surface area (Å²) < 4.78 is 5.33. The molecule has 0 saturated carbocycles. The Morgan fingerprint density at radius 2 is 2.00 bits per heavy atom. The van der Waals surface area contributed by atoms with Gasteiger partial charge in [-0.2, -0.15) is 0 Å². The Hall–Kier alpha value is -2.70. The molecule has 1 aromatic carbocycles. The van der Waals surface area contributed by atoms with Crippen molar-refractivity contribution in [3.63, 3.8) is 0 Å². The predicted octanol–water partition coefficient (Wildman–Crippen LogP) is 4.27. The van der Waals surface area contributed by atoms with Crippen LogP contribution in [0.4, 0.5) is 5.82 Å². The lowest BCUT2D eigenvalue weighted by atomic mass is 10.0. The van der Waals surface area contributed by atoms with E-state index in [0.717, 1.165) is 21.3 Å². The highest BCUT2D eigenvalue weighted by Gasteiger charge is 2.26. The van der Waals surface area contributed by atoms with Gasteiger partial charge >= 0.3 is 0 Å². The maximum atomic E-state index is 10.6. The fraction of sp³-hybridized carbons (Fsp3) is 0.158. The van der Waals surface area contributed by atoms with Gasteiger partial charge in [-0.15, -0.1) is 11.3 Å². The van der Waals surface area contributed by atoms with Crippen LogP contribution in [0.15, 0.2) is 64.9 Å². The van der Waals surface area contributed by atoms with E-state index in [0.29, 0.717) is 11.6 Å². The van der Waals surface area contributed by atoms with Crippen molar-refractivity contribution in [2.45, 2.75) is 12.5 Å². The Morgan fingerprint density at radius 3 is 2.76 bits per heavy atom. The number of benzene rings is 1. The average Bonchev–Trinajstić information content (AvgIpc) is 3.31. The van der Waals surface area contributed by atoms with E-state index >= 15 is 0 Å². The number of nitrogens with one attached hydrogen (secondary N) is 1. The SMILES string of the molecule is C[C@](O)(CNc1ncnc2scc(-c3ccccc3)c12)c1ccco1. The van der Waals surface area contributed by atoms with E-state index in [1.807, 2.05) is 18.2 Å². The molecule has 4 aromatic rings. The molecule has 0 aliphatic rings. The maximum Gasteiger partial charge on any atom is 0.138 e. The minimum atomic E-state index is -1.14. The summed E-state index contributed by atoms with van der Waals surface area (Å²) >= 11 is 1.58. The predicted molar refractivity (Wildman–Crippen MR) is 99.6 cm³/mol. The molecule has 126 valence electrons. The number of hydrogen-bond donors (Lipinski definition) is 2. The Balaban J connectivity index is 1.69. The summed E-state index contributed by atoms with van der Waals surface area (Å²) in [4.78, 5) is 9.67. The lowest BCUT2D eigenvalue weighted by Crippen LogP contribution is -2.30. The molecule has 3 heterocycles. The number of aromatic nitrogens is 2. The maximum absolute atomic E-state index is 10.6. The number of aliphatic hydroxyl groups is 1. The monoisotopic (exact) mass is 351 g/mol. The van der Waals surface area contributed by atoms with Crippen molar-refractivity contribution in [3.8, 4) is 11.1 Å². The van der Waals surface area contributed by atoms with Crippen molar-refractivity contribution >= 4 is 27.4 Å². The summed E-state index contributed by atoms with van der Waals surface area (Å²) in [5.74, 6) is 1.22. The first-order valence-electron chi connectivity index (χ1n) is 7.93. The minimum Gasteiger partial charge on any atom is -0.466 e. The summed E-state index contributed by atoms with van der Waals surface area (Å²) in [5.41, 5.74) is 1.06. The van der Waals surface area contributed by atoms with Crippen molar-refractivity contribution in [2.24, 2.45) is 0 Å². The van der Waals surface area contributed by atoms with Gasteiger partial charge in [-0.1, -0.05) is 30.3 Å². The summed E-state index contributed by atoms with van der Waals surface area (Å²) in [5, 5.41) is 17.0. The van der Waals surface area contributed by atoms with Crippen molar-refractivity contribution in [1.82, 2.24) is 9.97 Å². The second kappa shape index (κ2) is 6.31. The van der Waals surface area contributed by atoms with Crippen molar-refractivity contribution in [1.29, 1.82) is 0 Å². The van der Waals surface area contributed by atoms with E-state index in [2.05, 4.69) is 32.8 Å². The molecular weight excluding hydrogens is 334 g/mol.